The molecule has 1 unspecified atom stereocenters. The Morgan fingerprint density at radius 2 is 2.17 bits per heavy atom. The summed E-state index contributed by atoms with van der Waals surface area (Å²) in [6, 6.07) is 7.51. The molecule has 0 spiro atoms. The van der Waals surface area contributed by atoms with Crippen molar-refractivity contribution in [2.75, 3.05) is 13.2 Å². The Bertz CT molecular complexity index is 383. The van der Waals surface area contributed by atoms with Gasteiger partial charge in [0.2, 0.25) is 0 Å². The van der Waals surface area contributed by atoms with Gasteiger partial charge in [-0.15, -0.1) is 0 Å². The molecular formula is C14H17ClO3. The van der Waals surface area contributed by atoms with Crippen LogP contribution >= 0.6 is 11.6 Å². The molecule has 1 aliphatic rings. The summed E-state index contributed by atoms with van der Waals surface area (Å²) in [6.45, 7) is 1.17. The normalized spacial score (nSPS) is 18.8. The number of carbonyl (C=O) groups is 1. The van der Waals surface area contributed by atoms with E-state index in [9.17, 15) is 4.79 Å². The van der Waals surface area contributed by atoms with Crippen LogP contribution in [0, 0.1) is 0 Å². The summed E-state index contributed by atoms with van der Waals surface area (Å²) in [6.07, 6.45) is 3.23. The maximum Gasteiger partial charge on any atom is 0.306 e. The van der Waals surface area contributed by atoms with E-state index in [-0.39, 0.29) is 12.1 Å². The summed E-state index contributed by atoms with van der Waals surface area (Å²) in [5.74, 6) is -0.166. The fraction of sp³-hybridized carbons (Fsp3) is 0.500. The maximum atomic E-state index is 11.5. The Balaban J connectivity index is 1.66. The molecule has 4 heteroatoms. The molecule has 0 aromatic heterocycles. The van der Waals surface area contributed by atoms with Crippen LogP contribution < -0.4 is 0 Å². The molecule has 1 heterocycles. The number of benzene rings is 1. The lowest BCUT2D eigenvalue weighted by molar-refractivity contribution is -0.146. The van der Waals surface area contributed by atoms with Crippen molar-refractivity contribution in [2.24, 2.45) is 0 Å². The highest BCUT2D eigenvalue weighted by Crippen LogP contribution is 2.13. The van der Waals surface area contributed by atoms with Gasteiger partial charge in [0, 0.05) is 18.1 Å². The molecule has 18 heavy (non-hydrogen) atoms. The zero-order valence-corrected chi connectivity index (χ0v) is 11.0. The molecule has 1 aliphatic heterocycles. The smallest absolute Gasteiger partial charge is 0.306 e. The van der Waals surface area contributed by atoms with Crippen LogP contribution in [-0.4, -0.2) is 25.3 Å². The molecule has 1 aromatic rings. The van der Waals surface area contributed by atoms with Gasteiger partial charge in [0.05, 0.1) is 6.10 Å². The number of aryl methyl sites for hydroxylation is 1. The fourth-order valence-electron chi connectivity index (χ4n) is 1.93. The molecule has 1 saturated heterocycles. The van der Waals surface area contributed by atoms with Crippen molar-refractivity contribution in [3.8, 4) is 0 Å². The Kier molecular flexibility index (Phi) is 5.02. The van der Waals surface area contributed by atoms with Gasteiger partial charge >= 0.3 is 5.97 Å². The Morgan fingerprint density at radius 1 is 1.39 bits per heavy atom. The molecular weight excluding hydrogens is 252 g/mol. The lowest BCUT2D eigenvalue weighted by atomic mass is 10.1. The number of esters is 1. The van der Waals surface area contributed by atoms with Gasteiger partial charge in [0.15, 0.2) is 0 Å². The average molecular weight is 269 g/mol. The predicted octanol–water partition coefficient (Wildman–Crippen LogP) is 2.99. The molecule has 0 radical (unpaired) electrons. The number of hydrogen-bond acceptors (Lipinski definition) is 3. The summed E-state index contributed by atoms with van der Waals surface area (Å²) in [7, 11) is 0. The van der Waals surface area contributed by atoms with Crippen molar-refractivity contribution in [3.63, 3.8) is 0 Å². The zero-order chi connectivity index (χ0) is 12.8. The second-order valence-corrected chi connectivity index (χ2v) is 4.88. The van der Waals surface area contributed by atoms with Crippen LogP contribution in [0.1, 0.15) is 24.8 Å². The maximum absolute atomic E-state index is 11.5. The van der Waals surface area contributed by atoms with Crippen molar-refractivity contribution in [3.05, 3.63) is 34.9 Å². The van der Waals surface area contributed by atoms with E-state index >= 15 is 0 Å². The molecule has 1 atom stereocenters. The standard InChI is InChI=1S/C14H17ClO3/c15-12-6-3-11(4-7-12)5-8-14(16)18-10-13-2-1-9-17-13/h3-4,6-7,13H,1-2,5,8-10H2. The third kappa shape index (κ3) is 4.31. The van der Waals surface area contributed by atoms with Gasteiger partial charge in [-0.2, -0.15) is 0 Å². The van der Waals surface area contributed by atoms with Crippen LogP contribution in [0.5, 0.6) is 0 Å². The largest absolute Gasteiger partial charge is 0.463 e. The molecule has 1 aromatic carbocycles. The third-order valence-corrected chi connectivity index (χ3v) is 3.24. The average Bonchev–Trinajstić information content (AvgIpc) is 2.89. The quantitative estimate of drug-likeness (QED) is 0.770. The van der Waals surface area contributed by atoms with Crippen LogP contribution in [0.3, 0.4) is 0 Å². The van der Waals surface area contributed by atoms with E-state index < -0.39 is 0 Å². The minimum atomic E-state index is -0.166. The van der Waals surface area contributed by atoms with Gasteiger partial charge in [-0.25, -0.2) is 0 Å². The molecule has 0 aliphatic carbocycles. The number of hydrogen-bond donors (Lipinski definition) is 0. The first-order chi connectivity index (χ1) is 8.74. The van der Waals surface area contributed by atoms with Crippen molar-refractivity contribution in [2.45, 2.75) is 31.8 Å². The van der Waals surface area contributed by atoms with E-state index in [0.717, 1.165) is 25.0 Å². The van der Waals surface area contributed by atoms with E-state index in [1.54, 1.807) is 0 Å². The van der Waals surface area contributed by atoms with Crippen molar-refractivity contribution < 1.29 is 14.3 Å². The zero-order valence-electron chi connectivity index (χ0n) is 10.2. The topological polar surface area (TPSA) is 35.5 Å². The van der Waals surface area contributed by atoms with Crippen LogP contribution in [0.25, 0.3) is 0 Å². The van der Waals surface area contributed by atoms with Gasteiger partial charge in [-0.05, 0) is 37.0 Å². The highest BCUT2D eigenvalue weighted by molar-refractivity contribution is 6.30. The van der Waals surface area contributed by atoms with Crippen molar-refractivity contribution in [1.29, 1.82) is 0 Å². The van der Waals surface area contributed by atoms with Crippen LogP contribution in [0.15, 0.2) is 24.3 Å². The molecule has 0 bridgehead atoms. The van der Waals surface area contributed by atoms with Crippen LogP contribution in [0.4, 0.5) is 0 Å². The second-order valence-electron chi connectivity index (χ2n) is 4.44. The first kappa shape index (κ1) is 13.4. The summed E-state index contributed by atoms with van der Waals surface area (Å²) < 4.78 is 10.6. The SMILES string of the molecule is O=C(CCc1ccc(Cl)cc1)OCC1CCCO1. The minimum Gasteiger partial charge on any atom is -0.463 e. The number of rotatable bonds is 5. The summed E-state index contributed by atoms with van der Waals surface area (Å²) in [5, 5.41) is 0.708. The lowest BCUT2D eigenvalue weighted by Crippen LogP contribution is -2.18. The summed E-state index contributed by atoms with van der Waals surface area (Å²) in [4.78, 5) is 11.5. The summed E-state index contributed by atoms with van der Waals surface area (Å²) >= 11 is 5.79. The Morgan fingerprint density at radius 3 is 2.83 bits per heavy atom. The summed E-state index contributed by atoms with van der Waals surface area (Å²) in [5.41, 5.74) is 1.09. The lowest BCUT2D eigenvalue weighted by Gasteiger charge is -2.10. The first-order valence-corrected chi connectivity index (χ1v) is 6.63. The highest BCUT2D eigenvalue weighted by atomic mass is 35.5. The number of carbonyl (C=O) groups excluding carboxylic acids is 1. The number of ether oxygens (including phenoxy) is 2. The molecule has 3 nitrogen and oxygen atoms in total. The molecule has 0 N–H and O–H groups in total. The van der Waals surface area contributed by atoms with E-state index in [4.69, 9.17) is 21.1 Å². The van der Waals surface area contributed by atoms with E-state index in [1.165, 1.54) is 0 Å². The first-order valence-electron chi connectivity index (χ1n) is 6.26. The molecule has 98 valence electrons. The molecule has 1 fully saturated rings. The van der Waals surface area contributed by atoms with Crippen molar-refractivity contribution >= 4 is 17.6 Å². The van der Waals surface area contributed by atoms with Gasteiger partial charge in [0.1, 0.15) is 6.61 Å². The van der Waals surface area contributed by atoms with Gasteiger partial charge < -0.3 is 9.47 Å². The Hall–Kier alpha value is -1.06. The van der Waals surface area contributed by atoms with E-state index in [2.05, 4.69) is 0 Å². The Labute approximate surface area is 112 Å². The molecule has 2 rings (SSSR count). The van der Waals surface area contributed by atoms with Crippen molar-refractivity contribution in [1.82, 2.24) is 0 Å². The van der Waals surface area contributed by atoms with Crippen LogP contribution in [0.2, 0.25) is 5.02 Å². The predicted molar refractivity (Wildman–Crippen MR) is 69.7 cm³/mol. The highest BCUT2D eigenvalue weighted by Gasteiger charge is 2.17. The van der Waals surface area contributed by atoms with Gasteiger partial charge in [-0.1, -0.05) is 23.7 Å². The monoisotopic (exact) mass is 268 g/mol. The van der Waals surface area contributed by atoms with Crippen LogP contribution in [-0.2, 0) is 20.7 Å². The van der Waals surface area contributed by atoms with E-state index in [1.807, 2.05) is 24.3 Å². The molecule has 0 saturated carbocycles. The third-order valence-electron chi connectivity index (χ3n) is 2.99. The number of halogens is 1. The molecule has 0 amide bonds. The van der Waals surface area contributed by atoms with Gasteiger partial charge in [0.25, 0.3) is 0 Å². The second kappa shape index (κ2) is 6.76. The van der Waals surface area contributed by atoms with Gasteiger partial charge in [-0.3, -0.25) is 4.79 Å². The van der Waals surface area contributed by atoms with E-state index in [0.29, 0.717) is 24.5 Å². The minimum absolute atomic E-state index is 0.101. The fourth-order valence-corrected chi connectivity index (χ4v) is 2.06.